The molecule has 4 aromatic carbocycles. The zero-order chi connectivity index (χ0) is 23.8. The SMILES string of the molecule is CC1(C)OB(c2ccc(-c3cccc(B(c4ccccc4)c4ccccc4)c3)cc2)OC1(C)C. The zero-order valence-corrected chi connectivity index (χ0v) is 20.4. The Kier molecular flexibility index (Phi) is 5.97. The summed E-state index contributed by atoms with van der Waals surface area (Å²) < 4.78 is 12.4. The molecule has 4 heteroatoms. The molecule has 1 aliphatic rings. The average molecular weight is 444 g/mol. The van der Waals surface area contributed by atoms with Gasteiger partial charge >= 0.3 is 7.12 Å². The maximum Gasteiger partial charge on any atom is 0.494 e. The standard InChI is InChI=1S/C30H30B2O2/c1-29(2)30(3,4)34-32(33-29)27-20-18-23(19-21-27)24-12-11-17-28(22-24)31(25-13-7-5-8-14-25)26-15-9-6-10-16-26/h5-22H,1-4H3. The van der Waals surface area contributed by atoms with Crippen LogP contribution in [0.15, 0.2) is 109 Å². The van der Waals surface area contributed by atoms with Crippen molar-refractivity contribution in [2.24, 2.45) is 0 Å². The van der Waals surface area contributed by atoms with E-state index < -0.39 is 0 Å². The summed E-state index contributed by atoms with van der Waals surface area (Å²) in [6, 6.07) is 38.9. The van der Waals surface area contributed by atoms with Crippen molar-refractivity contribution in [2.75, 3.05) is 0 Å². The molecule has 1 fully saturated rings. The van der Waals surface area contributed by atoms with E-state index >= 15 is 0 Å². The van der Waals surface area contributed by atoms with Crippen molar-refractivity contribution >= 4 is 35.7 Å². The minimum Gasteiger partial charge on any atom is -0.399 e. The summed E-state index contributed by atoms with van der Waals surface area (Å²) in [4.78, 5) is 0. The van der Waals surface area contributed by atoms with Gasteiger partial charge in [-0.05, 0) is 44.3 Å². The molecule has 0 spiro atoms. The van der Waals surface area contributed by atoms with Crippen molar-refractivity contribution in [3.05, 3.63) is 109 Å². The first-order valence-corrected chi connectivity index (χ1v) is 12.0. The molecule has 0 amide bonds. The van der Waals surface area contributed by atoms with Gasteiger partial charge in [-0.15, -0.1) is 0 Å². The van der Waals surface area contributed by atoms with Crippen LogP contribution in [0.25, 0.3) is 11.1 Å². The maximum atomic E-state index is 6.22. The Labute approximate surface area is 204 Å². The molecular weight excluding hydrogens is 414 g/mol. The highest BCUT2D eigenvalue weighted by Gasteiger charge is 2.51. The predicted molar refractivity (Wildman–Crippen MR) is 145 cm³/mol. The topological polar surface area (TPSA) is 18.5 Å². The molecule has 34 heavy (non-hydrogen) atoms. The molecule has 0 N–H and O–H groups in total. The largest absolute Gasteiger partial charge is 0.494 e. The van der Waals surface area contributed by atoms with Crippen molar-refractivity contribution in [3.8, 4) is 11.1 Å². The number of hydrogen-bond acceptors (Lipinski definition) is 2. The summed E-state index contributed by atoms with van der Waals surface area (Å²) in [5.74, 6) is 0. The quantitative estimate of drug-likeness (QED) is 0.431. The van der Waals surface area contributed by atoms with E-state index in [1.165, 1.54) is 27.5 Å². The second kappa shape index (κ2) is 8.94. The first kappa shape index (κ1) is 22.7. The third kappa shape index (κ3) is 4.36. The fraction of sp³-hybridized carbons (Fsp3) is 0.200. The Balaban J connectivity index is 1.46. The lowest BCUT2D eigenvalue weighted by Gasteiger charge is -2.32. The van der Waals surface area contributed by atoms with Gasteiger partial charge in [0.25, 0.3) is 0 Å². The van der Waals surface area contributed by atoms with Crippen LogP contribution in [-0.4, -0.2) is 25.0 Å². The van der Waals surface area contributed by atoms with Crippen LogP contribution in [0.2, 0.25) is 0 Å². The smallest absolute Gasteiger partial charge is 0.399 e. The van der Waals surface area contributed by atoms with E-state index in [2.05, 4.69) is 137 Å². The number of hydrogen-bond donors (Lipinski definition) is 0. The third-order valence-electron chi connectivity index (χ3n) is 7.26. The van der Waals surface area contributed by atoms with E-state index in [9.17, 15) is 0 Å². The van der Waals surface area contributed by atoms with E-state index in [1.807, 2.05) is 0 Å². The van der Waals surface area contributed by atoms with Gasteiger partial charge in [0, 0.05) is 0 Å². The van der Waals surface area contributed by atoms with Crippen LogP contribution in [-0.2, 0) is 9.31 Å². The number of benzene rings is 4. The van der Waals surface area contributed by atoms with Gasteiger partial charge in [0.1, 0.15) is 0 Å². The van der Waals surface area contributed by atoms with Crippen molar-refractivity contribution in [3.63, 3.8) is 0 Å². The Hall–Kier alpha value is -3.07. The van der Waals surface area contributed by atoms with Crippen LogP contribution in [0.4, 0.5) is 0 Å². The van der Waals surface area contributed by atoms with Crippen molar-refractivity contribution in [2.45, 2.75) is 38.9 Å². The summed E-state index contributed by atoms with van der Waals surface area (Å²) in [6.45, 7) is 8.53. The molecule has 0 bridgehead atoms. The van der Waals surface area contributed by atoms with Gasteiger partial charge in [-0.2, -0.15) is 0 Å². The van der Waals surface area contributed by atoms with Crippen molar-refractivity contribution in [1.29, 1.82) is 0 Å². The lowest BCUT2D eigenvalue weighted by Crippen LogP contribution is -2.51. The molecule has 0 saturated carbocycles. The Bertz CT molecular complexity index is 1200. The minimum atomic E-state index is -0.342. The van der Waals surface area contributed by atoms with E-state index in [1.54, 1.807) is 0 Å². The summed E-state index contributed by atoms with van der Waals surface area (Å²) in [5, 5.41) is 0. The third-order valence-corrected chi connectivity index (χ3v) is 7.26. The molecule has 2 nitrogen and oxygen atoms in total. The Morgan fingerprint density at radius 2 is 1.03 bits per heavy atom. The summed E-state index contributed by atoms with van der Waals surface area (Å²) in [6.07, 6.45) is 0. The van der Waals surface area contributed by atoms with Gasteiger partial charge in [-0.1, -0.05) is 126 Å². The first-order chi connectivity index (χ1) is 16.3. The van der Waals surface area contributed by atoms with Gasteiger partial charge < -0.3 is 9.31 Å². The zero-order valence-electron chi connectivity index (χ0n) is 20.4. The van der Waals surface area contributed by atoms with Gasteiger partial charge in [-0.25, -0.2) is 0 Å². The van der Waals surface area contributed by atoms with Gasteiger partial charge in [0.2, 0.25) is 6.71 Å². The van der Waals surface area contributed by atoms with Gasteiger partial charge in [0.15, 0.2) is 0 Å². The highest BCUT2D eigenvalue weighted by Crippen LogP contribution is 2.36. The Morgan fingerprint density at radius 1 is 0.529 bits per heavy atom. The van der Waals surface area contributed by atoms with E-state index in [0.29, 0.717) is 0 Å². The summed E-state index contributed by atoms with van der Waals surface area (Å²) in [5.41, 5.74) is 6.62. The first-order valence-electron chi connectivity index (χ1n) is 12.0. The Morgan fingerprint density at radius 3 is 1.56 bits per heavy atom. The van der Waals surface area contributed by atoms with E-state index in [4.69, 9.17) is 9.31 Å². The summed E-state index contributed by atoms with van der Waals surface area (Å²) in [7, 11) is -0.342. The van der Waals surface area contributed by atoms with Crippen LogP contribution in [0.5, 0.6) is 0 Å². The number of rotatable bonds is 5. The molecule has 168 valence electrons. The highest BCUT2D eigenvalue weighted by atomic mass is 16.7. The fourth-order valence-corrected chi connectivity index (χ4v) is 4.58. The van der Waals surface area contributed by atoms with Crippen LogP contribution in [0, 0.1) is 0 Å². The lowest BCUT2D eigenvalue weighted by molar-refractivity contribution is 0.00578. The van der Waals surface area contributed by atoms with Crippen LogP contribution >= 0.6 is 0 Å². The molecule has 0 atom stereocenters. The molecule has 0 aliphatic carbocycles. The molecule has 5 rings (SSSR count). The second-order valence-corrected chi connectivity index (χ2v) is 10.1. The molecule has 0 radical (unpaired) electrons. The minimum absolute atomic E-state index is 0.186. The van der Waals surface area contributed by atoms with E-state index in [0.717, 1.165) is 5.46 Å². The molecule has 0 unspecified atom stereocenters. The molecule has 1 heterocycles. The highest BCUT2D eigenvalue weighted by molar-refractivity contribution is 6.95. The summed E-state index contributed by atoms with van der Waals surface area (Å²) >= 11 is 0. The van der Waals surface area contributed by atoms with Crippen LogP contribution in [0.3, 0.4) is 0 Å². The molecule has 4 aromatic rings. The maximum absolute atomic E-state index is 6.22. The molecule has 0 aromatic heterocycles. The van der Waals surface area contributed by atoms with Crippen LogP contribution in [0.1, 0.15) is 27.7 Å². The van der Waals surface area contributed by atoms with Crippen molar-refractivity contribution < 1.29 is 9.31 Å². The van der Waals surface area contributed by atoms with Gasteiger partial charge in [0.05, 0.1) is 11.2 Å². The fourth-order valence-electron chi connectivity index (χ4n) is 4.58. The van der Waals surface area contributed by atoms with E-state index in [-0.39, 0.29) is 25.0 Å². The second-order valence-electron chi connectivity index (χ2n) is 10.1. The lowest BCUT2D eigenvalue weighted by atomic mass is 9.37. The average Bonchev–Trinajstić information content (AvgIpc) is 3.08. The molecule has 1 saturated heterocycles. The van der Waals surface area contributed by atoms with Crippen LogP contribution < -0.4 is 21.9 Å². The van der Waals surface area contributed by atoms with Crippen molar-refractivity contribution in [1.82, 2.24) is 0 Å². The van der Waals surface area contributed by atoms with Gasteiger partial charge in [-0.3, -0.25) is 0 Å². The predicted octanol–water partition coefficient (Wildman–Crippen LogP) is 4.17. The molecular formula is C30H30B2O2. The normalized spacial score (nSPS) is 16.4. The monoisotopic (exact) mass is 444 g/mol. The molecule has 1 aliphatic heterocycles.